The van der Waals surface area contributed by atoms with Crippen molar-refractivity contribution in [1.82, 2.24) is 0 Å². The smallest absolute Gasteiger partial charge is 0.309 e. The van der Waals surface area contributed by atoms with Crippen molar-refractivity contribution in [3.8, 4) is 0 Å². The van der Waals surface area contributed by atoms with Crippen molar-refractivity contribution < 1.29 is 23.9 Å². The van der Waals surface area contributed by atoms with Crippen molar-refractivity contribution >= 4 is 17.7 Å². The molecule has 0 bridgehead atoms. The Bertz CT molecular complexity index is 283. The number of esters is 2. The highest BCUT2D eigenvalue weighted by atomic mass is 16.5. The van der Waals surface area contributed by atoms with E-state index in [4.69, 9.17) is 0 Å². The van der Waals surface area contributed by atoms with Gasteiger partial charge in [-0.1, -0.05) is 13.8 Å². The van der Waals surface area contributed by atoms with Gasteiger partial charge in [0.05, 0.1) is 26.6 Å². The number of hydrogen-bond donors (Lipinski definition) is 0. The largest absolute Gasteiger partial charge is 0.469 e. The Hall–Kier alpha value is -1.39. The fourth-order valence-corrected chi connectivity index (χ4v) is 1.50. The molecule has 0 amide bonds. The molecule has 0 heterocycles. The third kappa shape index (κ3) is 6.71. The topological polar surface area (TPSA) is 69.7 Å². The minimum atomic E-state index is -0.737. The maximum atomic E-state index is 11.6. The van der Waals surface area contributed by atoms with Gasteiger partial charge in [0, 0.05) is 12.8 Å². The molecule has 0 rings (SSSR count). The van der Waals surface area contributed by atoms with Crippen LogP contribution in [-0.2, 0) is 23.9 Å². The van der Waals surface area contributed by atoms with Crippen LogP contribution in [0.1, 0.15) is 33.1 Å². The fraction of sp³-hybridized carbons (Fsp3) is 0.750. The van der Waals surface area contributed by atoms with Crippen molar-refractivity contribution in [2.45, 2.75) is 33.1 Å². The Balaban J connectivity index is 4.43. The van der Waals surface area contributed by atoms with Crippen molar-refractivity contribution in [3.05, 3.63) is 0 Å². The number of hydrogen-bond acceptors (Lipinski definition) is 5. The first-order valence-corrected chi connectivity index (χ1v) is 5.57. The summed E-state index contributed by atoms with van der Waals surface area (Å²) in [5, 5.41) is 0. The van der Waals surface area contributed by atoms with Gasteiger partial charge in [-0.25, -0.2) is 0 Å². The highest BCUT2D eigenvalue weighted by Crippen LogP contribution is 2.15. The van der Waals surface area contributed by atoms with Gasteiger partial charge < -0.3 is 9.47 Å². The van der Waals surface area contributed by atoms with E-state index in [2.05, 4.69) is 9.47 Å². The van der Waals surface area contributed by atoms with Crippen molar-refractivity contribution in [3.63, 3.8) is 0 Å². The van der Waals surface area contributed by atoms with Crippen molar-refractivity contribution in [1.29, 1.82) is 0 Å². The molecule has 0 aliphatic heterocycles. The zero-order chi connectivity index (χ0) is 13.4. The summed E-state index contributed by atoms with van der Waals surface area (Å²) in [7, 11) is 2.48. The normalized spacial score (nSPS) is 12.1. The molecule has 1 unspecified atom stereocenters. The van der Waals surface area contributed by atoms with E-state index in [1.807, 2.05) is 13.8 Å². The van der Waals surface area contributed by atoms with Crippen LogP contribution in [0.25, 0.3) is 0 Å². The van der Waals surface area contributed by atoms with Gasteiger partial charge in [-0.05, 0) is 5.92 Å². The zero-order valence-electron chi connectivity index (χ0n) is 10.8. The van der Waals surface area contributed by atoms with Crippen molar-refractivity contribution in [2.75, 3.05) is 14.2 Å². The van der Waals surface area contributed by atoms with E-state index in [-0.39, 0.29) is 24.5 Å². The third-order valence-electron chi connectivity index (χ3n) is 2.29. The van der Waals surface area contributed by atoms with Crippen LogP contribution in [-0.4, -0.2) is 31.9 Å². The minimum absolute atomic E-state index is 0.0277. The summed E-state index contributed by atoms with van der Waals surface area (Å²) in [6, 6.07) is 0. The number of Topliss-reactive ketones (excluding diaryl/α,β-unsaturated/α-hetero) is 1. The molecule has 17 heavy (non-hydrogen) atoms. The average Bonchev–Trinajstić information content (AvgIpc) is 2.25. The lowest BCUT2D eigenvalue weighted by Crippen LogP contribution is -2.24. The van der Waals surface area contributed by atoms with E-state index in [0.717, 1.165) is 0 Å². The molecule has 5 nitrogen and oxygen atoms in total. The molecule has 98 valence electrons. The van der Waals surface area contributed by atoms with Crippen LogP contribution in [0.5, 0.6) is 0 Å². The molecular weight excluding hydrogens is 224 g/mol. The molecule has 0 saturated heterocycles. The fourth-order valence-electron chi connectivity index (χ4n) is 1.50. The first-order chi connectivity index (χ1) is 7.90. The Kier molecular flexibility index (Phi) is 7.18. The molecule has 0 spiro atoms. The van der Waals surface area contributed by atoms with Gasteiger partial charge in [0.1, 0.15) is 5.78 Å². The summed E-state index contributed by atoms with van der Waals surface area (Å²) >= 11 is 0. The summed E-state index contributed by atoms with van der Waals surface area (Å²) in [6.45, 7) is 3.84. The van der Waals surface area contributed by atoms with Gasteiger partial charge in [0.2, 0.25) is 0 Å². The van der Waals surface area contributed by atoms with Crippen LogP contribution in [0.15, 0.2) is 0 Å². The lowest BCUT2D eigenvalue weighted by atomic mass is 9.95. The van der Waals surface area contributed by atoms with Gasteiger partial charge in [-0.15, -0.1) is 0 Å². The molecule has 0 aliphatic rings. The average molecular weight is 244 g/mol. The third-order valence-corrected chi connectivity index (χ3v) is 2.29. The van der Waals surface area contributed by atoms with E-state index in [1.165, 1.54) is 14.2 Å². The molecular formula is C12H20O5. The molecule has 1 atom stereocenters. The highest BCUT2D eigenvalue weighted by Gasteiger charge is 2.26. The predicted octanol–water partition coefficient (Wildman–Crippen LogP) is 1.34. The lowest BCUT2D eigenvalue weighted by Gasteiger charge is -2.13. The number of ether oxygens (including phenoxy) is 2. The Morgan fingerprint density at radius 2 is 1.53 bits per heavy atom. The van der Waals surface area contributed by atoms with E-state index >= 15 is 0 Å². The summed E-state index contributed by atoms with van der Waals surface area (Å²) in [4.78, 5) is 34.1. The van der Waals surface area contributed by atoms with E-state index < -0.39 is 17.9 Å². The molecule has 0 aliphatic carbocycles. The van der Waals surface area contributed by atoms with Crippen LogP contribution in [0.4, 0.5) is 0 Å². The number of carbonyl (C=O) groups is 3. The first-order valence-electron chi connectivity index (χ1n) is 5.57. The van der Waals surface area contributed by atoms with Crippen LogP contribution in [0.2, 0.25) is 0 Å². The second-order valence-electron chi connectivity index (χ2n) is 4.34. The second kappa shape index (κ2) is 7.81. The second-order valence-corrected chi connectivity index (χ2v) is 4.34. The Morgan fingerprint density at radius 1 is 0.941 bits per heavy atom. The highest BCUT2D eigenvalue weighted by molar-refractivity contribution is 5.87. The number of methoxy groups -OCH3 is 2. The van der Waals surface area contributed by atoms with Crippen LogP contribution >= 0.6 is 0 Å². The van der Waals surface area contributed by atoms with E-state index in [9.17, 15) is 14.4 Å². The summed E-state index contributed by atoms with van der Waals surface area (Å²) < 4.78 is 9.04. The van der Waals surface area contributed by atoms with Gasteiger partial charge in [0.15, 0.2) is 0 Å². The van der Waals surface area contributed by atoms with Crippen LogP contribution < -0.4 is 0 Å². The first kappa shape index (κ1) is 15.6. The van der Waals surface area contributed by atoms with E-state index in [1.54, 1.807) is 0 Å². The van der Waals surface area contributed by atoms with Gasteiger partial charge in [-0.2, -0.15) is 0 Å². The van der Waals surface area contributed by atoms with Gasteiger partial charge >= 0.3 is 11.9 Å². The Morgan fingerprint density at radius 3 is 1.94 bits per heavy atom. The maximum Gasteiger partial charge on any atom is 0.309 e. The van der Waals surface area contributed by atoms with Crippen molar-refractivity contribution in [2.24, 2.45) is 11.8 Å². The molecule has 0 aromatic rings. The van der Waals surface area contributed by atoms with Gasteiger partial charge in [0.25, 0.3) is 0 Å². The quantitative estimate of drug-likeness (QED) is 0.632. The monoisotopic (exact) mass is 244 g/mol. The van der Waals surface area contributed by atoms with E-state index in [0.29, 0.717) is 6.42 Å². The molecule has 0 saturated carbocycles. The number of ketones is 1. The molecule has 0 N–H and O–H groups in total. The number of carbonyl (C=O) groups excluding carboxylic acids is 3. The minimum Gasteiger partial charge on any atom is -0.469 e. The standard InChI is InChI=1S/C12H20O5/c1-8(2)5-10(13)6-9(12(15)17-4)7-11(14)16-3/h8-9H,5-7H2,1-4H3. The summed E-state index contributed by atoms with van der Waals surface area (Å²) in [5.74, 6) is -1.61. The SMILES string of the molecule is COC(=O)CC(CC(=O)CC(C)C)C(=O)OC. The molecule has 0 aromatic carbocycles. The summed E-state index contributed by atoms with van der Waals surface area (Å²) in [5.41, 5.74) is 0. The molecule has 5 heteroatoms. The predicted molar refractivity (Wildman–Crippen MR) is 61.2 cm³/mol. The molecule has 0 fully saturated rings. The summed E-state index contributed by atoms with van der Waals surface area (Å²) in [6.07, 6.45) is 0.307. The molecule has 0 radical (unpaired) electrons. The maximum absolute atomic E-state index is 11.6. The van der Waals surface area contributed by atoms with Gasteiger partial charge in [-0.3, -0.25) is 14.4 Å². The Labute approximate surface area is 101 Å². The molecule has 0 aromatic heterocycles. The zero-order valence-corrected chi connectivity index (χ0v) is 10.8. The van der Waals surface area contributed by atoms with Crippen LogP contribution in [0.3, 0.4) is 0 Å². The number of rotatable bonds is 7. The van der Waals surface area contributed by atoms with Crippen LogP contribution in [0, 0.1) is 11.8 Å². The lowest BCUT2D eigenvalue weighted by molar-refractivity contribution is -0.153.